The molecule has 1 aromatic rings. The zero-order valence-electron chi connectivity index (χ0n) is 11.4. The molecule has 0 aliphatic carbocycles. The Labute approximate surface area is 128 Å². The maximum atomic E-state index is 12.1. The second-order valence-corrected chi connectivity index (χ2v) is 4.58. The summed E-state index contributed by atoms with van der Waals surface area (Å²) in [6.07, 6.45) is -2.84. The van der Waals surface area contributed by atoms with E-state index in [1.54, 1.807) is 12.1 Å². The molecule has 118 valence electrons. The van der Waals surface area contributed by atoms with Gasteiger partial charge >= 0.3 is 6.36 Å². The fourth-order valence-corrected chi connectivity index (χ4v) is 2.32. The monoisotopic (exact) mass is 322 g/mol. The van der Waals surface area contributed by atoms with Gasteiger partial charge in [0.2, 0.25) is 0 Å². The van der Waals surface area contributed by atoms with Crippen molar-refractivity contribution in [3.8, 4) is 5.75 Å². The summed E-state index contributed by atoms with van der Waals surface area (Å²) >= 11 is 0. The summed E-state index contributed by atoms with van der Waals surface area (Å²) in [4.78, 5) is 2.24. The Kier molecular flexibility index (Phi) is 6.51. The minimum absolute atomic E-state index is 0. The van der Waals surface area contributed by atoms with Crippen molar-refractivity contribution in [2.45, 2.75) is 12.4 Å². The van der Waals surface area contributed by atoms with Crippen molar-refractivity contribution in [1.29, 1.82) is 0 Å². The van der Waals surface area contributed by atoms with E-state index >= 15 is 0 Å². The Morgan fingerprint density at radius 2 is 1.76 bits per heavy atom. The zero-order valence-corrected chi connectivity index (χ0v) is 12.2. The maximum Gasteiger partial charge on any atom is 0.573 e. The van der Waals surface area contributed by atoms with E-state index in [4.69, 9.17) is 0 Å². The number of hydrogen-bond acceptors (Lipinski definition) is 3. The molecule has 0 bridgehead atoms. The van der Waals surface area contributed by atoms with Crippen molar-refractivity contribution in [2.24, 2.45) is 0 Å². The number of nitrogens with zero attached hydrogens (tertiary/aromatic N) is 1. The molecule has 2 rings (SSSR count). The molecule has 0 saturated carbocycles. The third-order valence-electron chi connectivity index (χ3n) is 3.22. The number of alkyl halides is 3. The number of benzene rings is 1. The van der Waals surface area contributed by atoms with Gasteiger partial charge in [-0.2, -0.15) is 0 Å². The Morgan fingerprint density at radius 1 is 1.19 bits per heavy atom. The van der Waals surface area contributed by atoms with Crippen molar-refractivity contribution in [3.05, 3.63) is 42.5 Å². The molecule has 1 aliphatic heterocycles. The van der Waals surface area contributed by atoms with Crippen LogP contribution < -0.4 is 10.1 Å². The Bertz CT molecular complexity index is 445. The first-order valence-electron chi connectivity index (χ1n) is 6.42. The van der Waals surface area contributed by atoms with Gasteiger partial charge in [0.25, 0.3) is 0 Å². The largest absolute Gasteiger partial charge is 0.573 e. The first kappa shape index (κ1) is 17.8. The fourth-order valence-electron chi connectivity index (χ4n) is 2.32. The second-order valence-electron chi connectivity index (χ2n) is 4.58. The van der Waals surface area contributed by atoms with Gasteiger partial charge < -0.3 is 10.1 Å². The highest BCUT2D eigenvalue weighted by atomic mass is 35.5. The Morgan fingerprint density at radius 3 is 2.24 bits per heavy atom. The minimum Gasteiger partial charge on any atom is -0.406 e. The third-order valence-corrected chi connectivity index (χ3v) is 3.22. The van der Waals surface area contributed by atoms with Gasteiger partial charge in [0.05, 0.1) is 6.04 Å². The molecule has 1 atom stereocenters. The lowest BCUT2D eigenvalue weighted by Crippen LogP contribution is -2.44. The van der Waals surface area contributed by atoms with Crippen LogP contribution in [0.15, 0.2) is 36.9 Å². The van der Waals surface area contributed by atoms with Crippen molar-refractivity contribution >= 4 is 12.4 Å². The van der Waals surface area contributed by atoms with Gasteiger partial charge in [-0.05, 0) is 17.7 Å². The number of halogens is 4. The molecule has 1 N–H and O–H groups in total. The van der Waals surface area contributed by atoms with Gasteiger partial charge in [-0.15, -0.1) is 32.2 Å². The van der Waals surface area contributed by atoms with Crippen molar-refractivity contribution < 1.29 is 17.9 Å². The topological polar surface area (TPSA) is 24.5 Å². The van der Waals surface area contributed by atoms with E-state index in [1.165, 1.54) is 12.1 Å². The molecular weight excluding hydrogens is 305 g/mol. The van der Waals surface area contributed by atoms with Crippen molar-refractivity contribution in [1.82, 2.24) is 10.2 Å². The van der Waals surface area contributed by atoms with E-state index in [2.05, 4.69) is 21.5 Å². The minimum atomic E-state index is -4.65. The molecule has 1 heterocycles. The summed E-state index contributed by atoms with van der Waals surface area (Å²) in [6.45, 7) is 7.40. The van der Waals surface area contributed by atoms with Crippen LogP contribution in [-0.4, -0.2) is 37.4 Å². The summed E-state index contributed by atoms with van der Waals surface area (Å²) in [7, 11) is 0. The van der Waals surface area contributed by atoms with Gasteiger partial charge in [0, 0.05) is 26.2 Å². The molecule has 1 aliphatic rings. The number of ether oxygens (including phenoxy) is 1. The molecule has 1 aromatic carbocycles. The first-order chi connectivity index (χ1) is 9.49. The van der Waals surface area contributed by atoms with Crippen LogP contribution in [0.4, 0.5) is 13.2 Å². The molecular formula is C14H18ClF3N2O. The summed E-state index contributed by atoms with van der Waals surface area (Å²) in [5.41, 5.74) is 0.913. The second kappa shape index (κ2) is 7.68. The molecule has 0 amide bonds. The zero-order chi connectivity index (χ0) is 14.6. The lowest BCUT2D eigenvalue weighted by molar-refractivity contribution is -0.274. The predicted octanol–water partition coefficient (Wildman–Crippen LogP) is 3.14. The normalized spacial score (nSPS) is 17.7. The lowest BCUT2D eigenvalue weighted by Gasteiger charge is -2.33. The van der Waals surface area contributed by atoms with Crippen molar-refractivity contribution in [3.63, 3.8) is 0 Å². The molecule has 0 aromatic heterocycles. The van der Waals surface area contributed by atoms with E-state index in [0.717, 1.165) is 31.7 Å². The molecule has 0 spiro atoms. The van der Waals surface area contributed by atoms with Crippen molar-refractivity contribution in [2.75, 3.05) is 26.2 Å². The van der Waals surface area contributed by atoms with E-state index in [1.807, 2.05) is 6.08 Å². The van der Waals surface area contributed by atoms with Gasteiger partial charge in [-0.3, -0.25) is 4.90 Å². The summed E-state index contributed by atoms with van der Waals surface area (Å²) in [6, 6.07) is 5.98. The SMILES string of the molecule is C=C[C@H](c1ccc(OC(F)(F)F)cc1)N1CCNCC1.Cl. The van der Waals surface area contributed by atoms with E-state index in [-0.39, 0.29) is 24.2 Å². The van der Waals surface area contributed by atoms with Gasteiger partial charge in [-0.1, -0.05) is 18.2 Å². The van der Waals surface area contributed by atoms with E-state index < -0.39 is 6.36 Å². The molecule has 1 saturated heterocycles. The molecule has 3 nitrogen and oxygen atoms in total. The van der Waals surface area contributed by atoms with Crippen LogP contribution in [0.25, 0.3) is 0 Å². The highest BCUT2D eigenvalue weighted by Crippen LogP contribution is 2.27. The quantitative estimate of drug-likeness (QED) is 0.862. The lowest BCUT2D eigenvalue weighted by atomic mass is 10.0. The summed E-state index contributed by atoms with van der Waals surface area (Å²) in [5.74, 6) is -0.204. The first-order valence-corrected chi connectivity index (χ1v) is 6.42. The molecule has 21 heavy (non-hydrogen) atoms. The van der Waals surface area contributed by atoms with Crippen LogP contribution in [0.1, 0.15) is 11.6 Å². The summed E-state index contributed by atoms with van der Waals surface area (Å²) < 4.78 is 40.2. The van der Waals surface area contributed by atoms with Gasteiger partial charge in [0.15, 0.2) is 0 Å². The average Bonchev–Trinajstić information content (AvgIpc) is 2.41. The highest BCUT2D eigenvalue weighted by Gasteiger charge is 2.31. The molecule has 1 fully saturated rings. The number of piperazine rings is 1. The fraction of sp³-hybridized carbons (Fsp3) is 0.429. The molecule has 7 heteroatoms. The average molecular weight is 323 g/mol. The molecule has 0 unspecified atom stereocenters. The number of rotatable bonds is 4. The molecule has 0 radical (unpaired) electrons. The maximum absolute atomic E-state index is 12.1. The summed E-state index contributed by atoms with van der Waals surface area (Å²) in [5, 5.41) is 3.26. The highest BCUT2D eigenvalue weighted by molar-refractivity contribution is 5.85. The van der Waals surface area contributed by atoms with E-state index in [0.29, 0.717) is 0 Å². The predicted molar refractivity (Wildman–Crippen MR) is 77.8 cm³/mol. The van der Waals surface area contributed by atoms with Crippen LogP contribution in [0.2, 0.25) is 0 Å². The van der Waals surface area contributed by atoms with Gasteiger partial charge in [0.1, 0.15) is 5.75 Å². The van der Waals surface area contributed by atoms with Crippen LogP contribution >= 0.6 is 12.4 Å². The Hall–Kier alpha value is -1.24. The third kappa shape index (κ3) is 5.22. The van der Waals surface area contributed by atoms with Crippen LogP contribution in [-0.2, 0) is 0 Å². The Balaban J connectivity index is 0.00000220. The number of hydrogen-bond donors (Lipinski definition) is 1. The van der Waals surface area contributed by atoms with Gasteiger partial charge in [-0.25, -0.2) is 0 Å². The smallest absolute Gasteiger partial charge is 0.406 e. The number of nitrogens with one attached hydrogen (secondary N) is 1. The standard InChI is InChI=1S/C14H17F3N2O.ClH/c1-2-13(19-9-7-18-8-10-19)11-3-5-12(6-4-11)20-14(15,16)17;/h2-6,13,18H,1,7-10H2;1H/t13-;/m1./s1. The van der Waals surface area contributed by atoms with Crippen LogP contribution in [0.5, 0.6) is 5.75 Å². The van der Waals surface area contributed by atoms with Crippen LogP contribution in [0.3, 0.4) is 0 Å². The van der Waals surface area contributed by atoms with Crippen LogP contribution in [0, 0.1) is 0 Å². The van der Waals surface area contributed by atoms with E-state index in [9.17, 15) is 13.2 Å².